The highest BCUT2D eigenvalue weighted by molar-refractivity contribution is 5.45. The summed E-state index contributed by atoms with van der Waals surface area (Å²) in [6.07, 6.45) is 2.32. The van der Waals surface area contributed by atoms with Crippen LogP contribution in [0.3, 0.4) is 0 Å². The number of anilines is 1. The van der Waals surface area contributed by atoms with Gasteiger partial charge in [-0.2, -0.15) is 0 Å². The standard InChI is InChI=1S/C22H25N3O4/c1-25(11-10-16-8-9-19(27-3)20(12-16)28-4)21-14-22(24-15-23-21)29-18-7-5-6-17(13-18)26-2/h5-9,12-15H,10-11H2,1-4H3. The Balaban J connectivity index is 1.65. The zero-order valence-corrected chi connectivity index (χ0v) is 17.1. The van der Waals surface area contributed by atoms with Crippen molar-refractivity contribution in [3.05, 3.63) is 60.4 Å². The quantitative estimate of drug-likeness (QED) is 0.543. The maximum absolute atomic E-state index is 5.84. The molecule has 1 heterocycles. The average molecular weight is 395 g/mol. The van der Waals surface area contributed by atoms with Gasteiger partial charge in [0.05, 0.1) is 21.3 Å². The van der Waals surface area contributed by atoms with Gasteiger partial charge in [0.2, 0.25) is 5.88 Å². The predicted octanol–water partition coefficient (Wildman–Crippen LogP) is 3.97. The third kappa shape index (κ3) is 5.28. The lowest BCUT2D eigenvalue weighted by Gasteiger charge is -2.19. The topological polar surface area (TPSA) is 65.9 Å². The SMILES string of the molecule is COc1cccc(Oc2cc(N(C)CCc3ccc(OC)c(OC)c3)ncn2)c1. The highest BCUT2D eigenvalue weighted by atomic mass is 16.5. The van der Waals surface area contributed by atoms with Crippen molar-refractivity contribution in [1.29, 1.82) is 0 Å². The summed E-state index contributed by atoms with van der Waals surface area (Å²) < 4.78 is 21.7. The summed E-state index contributed by atoms with van der Waals surface area (Å²) >= 11 is 0. The number of nitrogens with zero attached hydrogens (tertiary/aromatic N) is 3. The molecule has 0 aliphatic rings. The Morgan fingerprint density at radius 1 is 0.828 bits per heavy atom. The Bertz CT molecular complexity index is 949. The van der Waals surface area contributed by atoms with Crippen LogP contribution in [0.4, 0.5) is 5.82 Å². The van der Waals surface area contributed by atoms with Crippen LogP contribution in [-0.4, -0.2) is 44.9 Å². The smallest absolute Gasteiger partial charge is 0.224 e. The zero-order chi connectivity index (χ0) is 20.6. The molecule has 1 aromatic heterocycles. The minimum Gasteiger partial charge on any atom is -0.497 e. The molecule has 0 amide bonds. The summed E-state index contributed by atoms with van der Waals surface area (Å²) in [5, 5.41) is 0. The Morgan fingerprint density at radius 3 is 2.38 bits per heavy atom. The van der Waals surface area contributed by atoms with E-state index in [9.17, 15) is 0 Å². The van der Waals surface area contributed by atoms with E-state index in [1.54, 1.807) is 21.3 Å². The van der Waals surface area contributed by atoms with Crippen molar-refractivity contribution >= 4 is 5.82 Å². The van der Waals surface area contributed by atoms with Gasteiger partial charge in [0.25, 0.3) is 0 Å². The van der Waals surface area contributed by atoms with Gasteiger partial charge in [0.15, 0.2) is 11.5 Å². The lowest BCUT2D eigenvalue weighted by molar-refractivity contribution is 0.354. The summed E-state index contributed by atoms with van der Waals surface area (Å²) in [6, 6.07) is 15.1. The molecule has 0 fully saturated rings. The van der Waals surface area contributed by atoms with Gasteiger partial charge >= 0.3 is 0 Å². The number of hydrogen-bond donors (Lipinski definition) is 0. The van der Waals surface area contributed by atoms with Crippen LogP contribution in [-0.2, 0) is 6.42 Å². The summed E-state index contributed by atoms with van der Waals surface area (Å²) in [7, 11) is 6.87. The van der Waals surface area contributed by atoms with Crippen LogP contribution in [0.1, 0.15) is 5.56 Å². The molecule has 0 atom stereocenters. The fourth-order valence-corrected chi connectivity index (χ4v) is 2.83. The number of ether oxygens (including phenoxy) is 4. The van der Waals surface area contributed by atoms with Gasteiger partial charge < -0.3 is 23.8 Å². The second-order valence-corrected chi connectivity index (χ2v) is 6.36. The lowest BCUT2D eigenvalue weighted by atomic mass is 10.1. The number of benzene rings is 2. The summed E-state index contributed by atoms with van der Waals surface area (Å²) in [6.45, 7) is 0.769. The molecule has 29 heavy (non-hydrogen) atoms. The Labute approximate surface area is 170 Å². The predicted molar refractivity (Wildman–Crippen MR) is 112 cm³/mol. The molecule has 0 unspecified atom stereocenters. The Hall–Kier alpha value is -3.48. The summed E-state index contributed by atoms with van der Waals surface area (Å²) in [5.74, 6) is 4.08. The fraction of sp³-hybridized carbons (Fsp3) is 0.273. The minimum atomic E-state index is 0.473. The first-order chi connectivity index (χ1) is 14.1. The maximum Gasteiger partial charge on any atom is 0.224 e. The molecule has 0 radical (unpaired) electrons. The van der Waals surface area contributed by atoms with Crippen molar-refractivity contribution in [2.75, 3.05) is 39.8 Å². The van der Waals surface area contributed by atoms with Crippen molar-refractivity contribution in [1.82, 2.24) is 9.97 Å². The third-order valence-electron chi connectivity index (χ3n) is 4.47. The second kappa shape index (κ2) is 9.64. The molecule has 0 saturated carbocycles. The average Bonchev–Trinajstić information content (AvgIpc) is 2.77. The van der Waals surface area contributed by atoms with Crippen LogP contribution in [0.25, 0.3) is 0 Å². The van der Waals surface area contributed by atoms with Crippen molar-refractivity contribution in [2.24, 2.45) is 0 Å². The highest BCUT2D eigenvalue weighted by Crippen LogP contribution is 2.28. The number of rotatable bonds is 9. The molecule has 0 aliphatic heterocycles. The maximum atomic E-state index is 5.84. The molecular weight excluding hydrogens is 370 g/mol. The summed E-state index contributed by atoms with van der Waals surface area (Å²) in [4.78, 5) is 10.6. The van der Waals surface area contributed by atoms with Crippen LogP contribution in [0.2, 0.25) is 0 Å². The molecule has 3 aromatic rings. The van der Waals surface area contributed by atoms with Gasteiger partial charge in [-0.3, -0.25) is 0 Å². The third-order valence-corrected chi connectivity index (χ3v) is 4.47. The van der Waals surface area contributed by atoms with E-state index < -0.39 is 0 Å². The van der Waals surface area contributed by atoms with Crippen molar-refractivity contribution in [3.8, 4) is 28.9 Å². The van der Waals surface area contributed by atoms with E-state index in [1.807, 2.05) is 55.6 Å². The van der Waals surface area contributed by atoms with Crippen molar-refractivity contribution in [3.63, 3.8) is 0 Å². The van der Waals surface area contributed by atoms with E-state index >= 15 is 0 Å². The first-order valence-corrected chi connectivity index (χ1v) is 9.19. The molecular formula is C22H25N3O4. The number of likely N-dealkylation sites (N-methyl/N-ethyl adjacent to an activating group) is 1. The molecule has 0 N–H and O–H groups in total. The molecule has 7 nitrogen and oxygen atoms in total. The van der Waals surface area contributed by atoms with Crippen LogP contribution in [0.15, 0.2) is 54.9 Å². The molecule has 7 heteroatoms. The van der Waals surface area contributed by atoms with Crippen molar-refractivity contribution < 1.29 is 18.9 Å². The van der Waals surface area contributed by atoms with Gasteiger partial charge in [-0.05, 0) is 36.2 Å². The minimum absolute atomic E-state index is 0.473. The van der Waals surface area contributed by atoms with Gasteiger partial charge in [-0.15, -0.1) is 0 Å². The number of aromatic nitrogens is 2. The van der Waals surface area contributed by atoms with E-state index in [0.29, 0.717) is 11.6 Å². The first kappa shape index (κ1) is 20.3. The lowest BCUT2D eigenvalue weighted by Crippen LogP contribution is -2.21. The highest BCUT2D eigenvalue weighted by Gasteiger charge is 2.09. The molecule has 152 valence electrons. The molecule has 0 saturated heterocycles. The molecule has 2 aromatic carbocycles. The number of methoxy groups -OCH3 is 3. The van der Waals surface area contributed by atoms with Gasteiger partial charge in [-0.1, -0.05) is 12.1 Å². The van der Waals surface area contributed by atoms with Crippen molar-refractivity contribution in [2.45, 2.75) is 6.42 Å². The van der Waals surface area contributed by atoms with Crippen LogP contribution in [0.5, 0.6) is 28.9 Å². The normalized spacial score (nSPS) is 10.3. The molecule has 3 rings (SSSR count). The second-order valence-electron chi connectivity index (χ2n) is 6.36. The van der Waals surface area contributed by atoms with Crippen LogP contribution >= 0.6 is 0 Å². The van der Waals surface area contributed by atoms with Crippen LogP contribution < -0.4 is 23.8 Å². The van der Waals surface area contributed by atoms with Gasteiger partial charge in [-0.25, -0.2) is 9.97 Å². The Kier molecular flexibility index (Phi) is 6.73. The van der Waals surface area contributed by atoms with E-state index in [0.717, 1.165) is 41.6 Å². The monoisotopic (exact) mass is 395 g/mol. The van der Waals surface area contributed by atoms with Crippen LogP contribution in [0, 0.1) is 0 Å². The fourth-order valence-electron chi connectivity index (χ4n) is 2.83. The Morgan fingerprint density at radius 2 is 1.62 bits per heavy atom. The van der Waals surface area contributed by atoms with Gasteiger partial charge in [0.1, 0.15) is 23.6 Å². The zero-order valence-electron chi connectivity index (χ0n) is 17.1. The van der Waals surface area contributed by atoms with E-state index in [1.165, 1.54) is 6.33 Å². The van der Waals surface area contributed by atoms with Gasteiger partial charge in [0, 0.05) is 25.7 Å². The molecule has 0 bridgehead atoms. The summed E-state index contributed by atoms with van der Waals surface area (Å²) in [5.41, 5.74) is 1.15. The molecule has 0 aliphatic carbocycles. The molecule has 0 spiro atoms. The first-order valence-electron chi connectivity index (χ1n) is 9.19. The van der Waals surface area contributed by atoms with E-state index in [-0.39, 0.29) is 0 Å². The largest absolute Gasteiger partial charge is 0.497 e. The van der Waals surface area contributed by atoms with E-state index in [4.69, 9.17) is 18.9 Å². The number of hydrogen-bond acceptors (Lipinski definition) is 7. The van der Waals surface area contributed by atoms with E-state index in [2.05, 4.69) is 14.9 Å².